The minimum Gasteiger partial charge on any atom is -0.340 e. The van der Waals surface area contributed by atoms with E-state index in [1.807, 2.05) is 5.43 Å². The molecule has 0 bridgehead atoms. The maximum absolute atomic E-state index is 12.7. The van der Waals surface area contributed by atoms with Gasteiger partial charge in [0.15, 0.2) is 5.69 Å². The Kier molecular flexibility index (Phi) is 4.55. The molecule has 1 heterocycles. The van der Waals surface area contributed by atoms with Crippen molar-refractivity contribution in [3.63, 3.8) is 0 Å². The van der Waals surface area contributed by atoms with Gasteiger partial charge in [-0.2, -0.15) is 18.2 Å². The SMILES string of the molecule is NNc1nc(Nc2ccc(Cl)c(Br)c2)cc(C(F)(F)F)n1. The molecule has 2 aromatic rings. The number of hydrazine groups is 1. The molecule has 0 aliphatic carbocycles. The molecule has 1 aromatic heterocycles. The molecule has 4 N–H and O–H groups in total. The van der Waals surface area contributed by atoms with Crippen LogP contribution in [-0.4, -0.2) is 9.97 Å². The van der Waals surface area contributed by atoms with Gasteiger partial charge in [0.1, 0.15) is 5.82 Å². The molecule has 0 unspecified atom stereocenters. The summed E-state index contributed by atoms with van der Waals surface area (Å²) in [7, 11) is 0. The minimum atomic E-state index is -4.61. The summed E-state index contributed by atoms with van der Waals surface area (Å²) in [6, 6.07) is 5.57. The number of nitrogens with two attached hydrogens (primary N) is 1. The summed E-state index contributed by atoms with van der Waals surface area (Å²) in [6.07, 6.45) is -4.61. The molecule has 0 atom stereocenters. The normalized spacial score (nSPS) is 11.3. The molecule has 0 radical (unpaired) electrons. The summed E-state index contributed by atoms with van der Waals surface area (Å²) in [5, 5.41) is 3.20. The lowest BCUT2D eigenvalue weighted by molar-refractivity contribution is -0.141. The smallest absolute Gasteiger partial charge is 0.340 e. The maximum atomic E-state index is 12.7. The molecular formula is C11H8BrClF3N5. The molecule has 0 saturated carbocycles. The first-order valence-electron chi connectivity index (χ1n) is 5.44. The van der Waals surface area contributed by atoms with E-state index in [1.165, 1.54) is 0 Å². The number of nitrogens with zero attached hydrogens (tertiary/aromatic N) is 2. The van der Waals surface area contributed by atoms with Crippen LogP contribution in [-0.2, 0) is 6.18 Å². The predicted octanol–water partition coefficient (Wildman–Crippen LogP) is 3.94. The van der Waals surface area contributed by atoms with Gasteiger partial charge in [-0.15, -0.1) is 0 Å². The van der Waals surface area contributed by atoms with E-state index in [-0.39, 0.29) is 11.8 Å². The average molecular weight is 383 g/mol. The maximum Gasteiger partial charge on any atom is 0.433 e. The number of anilines is 3. The molecular weight excluding hydrogens is 375 g/mol. The number of hydrogen-bond donors (Lipinski definition) is 3. The minimum absolute atomic E-state index is 0.0560. The van der Waals surface area contributed by atoms with Crippen LogP contribution in [0.1, 0.15) is 5.69 Å². The molecule has 0 aliphatic rings. The largest absolute Gasteiger partial charge is 0.433 e. The van der Waals surface area contributed by atoms with Gasteiger partial charge in [0.2, 0.25) is 5.95 Å². The molecule has 0 fully saturated rings. The van der Waals surface area contributed by atoms with Gasteiger partial charge in [-0.1, -0.05) is 11.6 Å². The fourth-order valence-corrected chi connectivity index (χ4v) is 1.94. The number of hydrogen-bond acceptors (Lipinski definition) is 5. The molecule has 2 rings (SSSR count). The van der Waals surface area contributed by atoms with Crippen LogP contribution in [0.15, 0.2) is 28.7 Å². The third kappa shape index (κ3) is 3.96. The first kappa shape index (κ1) is 15.8. The van der Waals surface area contributed by atoms with Crippen molar-refractivity contribution in [3.05, 3.63) is 39.5 Å². The van der Waals surface area contributed by atoms with E-state index >= 15 is 0 Å². The number of aromatic nitrogens is 2. The number of nitrogen functional groups attached to an aromatic ring is 1. The van der Waals surface area contributed by atoms with Gasteiger partial charge in [0.05, 0.1) is 5.02 Å². The van der Waals surface area contributed by atoms with Gasteiger partial charge < -0.3 is 5.32 Å². The Morgan fingerprint density at radius 1 is 1.19 bits per heavy atom. The van der Waals surface area contributed by atoms with E-state index in [1.54, 1.807) is 18.2 Å². The molecule has 0 saturated heterocycles. The third-order valence-corrected chi connectivity index (χ3v) is 3.55. The van der Waals surface area contributed by atoms with Crippen LogP contribution < -0.4 is 16.6 Å². The topological polar surface area (TPSA) is 75.9 Å². The fourth-order valence-electron chi connectivity index (χ4n) is 1.44. The summed E-state index contributed by atoms with van der Waals surface area (Å²) >= 11 is 9.06. The number of halogens is 5. The average Bonchev–Trinajstić information content (AvgIpc) is 2.41. The summed E-state index contributed by atoms with van der Waals surface area (Å²) in [5.74, 6) is 4.67. The van der Waals surface area contributed by atoms with Crippen molar-refractivity contribution in [2.75, 3.05) is 10.7 Å². The highest BCUT2D eigenvalue weighted by Crippen LogP contribution is 2.31. The third-order valence-electron chi connectivity index (χ3n) is 2.34. The van der Waals surface area contributed by atoms with Crippen LogP contribution in [0, 0.1) is 0 Å². The van der Waals surface area contributed by atoms with Crippen LogP contribution in [0.3, 0.4) is 0 Å². The second-order valence-electron chi connectivity index (χ2n) is 3.86. The number of rotatable bonds is 3. The molecule has 0 aliphatic heterocycles. The molecule has 0 amide bonds. The van der Waals surface area contributed by atoms with Gasteiger partial charge in [-0.25, -0.2) is 10.8 Å². The molecule has 10 heteroatoms. The van der Waals surface area contributed by atoms with Crippen LogP contribution in [0.25, 0.3) is 0 Å². The van der Waals surface area contributed by atoms with Gasteiger partial charge in [0, 0.05) is 16.2 Å². The Morgan fingerprint density at radius 2 is 1.90 bits per heavy atom. The standard InChI is InChI=1S/C11H8BrClF3N5/c12-6-3-5(1-2-7(6)13)18-9-4-8(11(14,15)16)19-10(20-9)21-17/h1-4H,17H2,(H2,18,19,20,21). The van der Waals surface area contributed by atoms with E-state index in [4.69, 9.17) is 17.4 Å². The second-order valence-corrected chi connectivity index (χ2v) is 5.12. The number of alkyl halides is 3. The molecule has 1 aromatic carbocycles. The monoisotopic (exact) mass is 381 g/mol. The summed E-state index contributed by atoms with van der Waals surface area (Å²) in [6.45, 7) is 0. The highest BCUT2D eigenvalue weighted by Gasteiger charge is 2.33. The quantitative estimate of drug-likeness (QED) is 0.554. The highest BCUT2D eigenvalue weighted by molar-refractivity contribution is 9.10. The fraction of sp³-hybridized carbons (Fsp3) is 0.0909. The highest BCUT2D eigenvalue weighted by atomic mass is 79.9. The lowest BCUT2D eigenvalue weighted by atomic mass is 10.3. The summed E-state index contributed by atoms with van der Waals surface area (Å²) in [4.78, 5) is 7.06. The van der Waals surface area contributed by atoms with Gasteiger partial charge in [-0.05, 0) is 34.1 Å². The molecule has 5 nitrogen and oxygen atoms in total. The van der Waals surface area contributed by atoms with Gasteiger partial charge >= 0.3 is 6.18 Å². The van der Waals surface area contributed by atoms with Crippen molar-refractivity contribution in [2.45, 2.75) is 6.18 Å². The van der Waals surface area contributed by atoms with Gasteiger partial charge in [-0.3, -0.25) is 5.43 Å². The van der Waals surface area contributed by atoms with Crippen LogP contribution in [0.2, 0.25) is 5.02 Å². The Labute approximate surface area is 130 Å². The van der Waals surface area contributed by atoms with E-state index in [2.05, 4.69) is 31.2 Å². The lowest BCUT2D eigenvalue weighted by Gasteiger charge is -2.11. The molecule has 112 valence electrons. The Balaban J connectivity index is 2.36. The number of benzene rings is 1. The Hall–Kier alpha value is -1.58. The van der Waals surface area contributed by atoms with E-state index in [0.717, 1.165) is 6.07 Å². The van der Waals surface area contributed by atoms with E-state index < -0.39 is 11.9 Å². The van der Waals surface area contributed by atoms with E-state index in [9.17, 15) is 13.2 Å². The van der Waals surface area contributed by atoms with Gasteiger partial charge in [0.25, 0.3) is 0 Å². The Bertz CT molecular complexity index is 665. The first-order valence-corrected chi connectivity index (χ1v) is 6.61. The zero-order chi connectivity index (χ0) is 15.6. The molecule has 21 heavy (non-hydrogen) atoms. The Morgan fingerprint density at radius 3 is 2.48 bits per heavy atom. The lowest BCUT2D eigenvalue weighted by Crippen LogP contribution is -2.16. The van der Waals surface area contributed by atoms with Crippen molar-refractivity contribution >= 4 is 45.0 Å². The zero-order valence-electron chi connectivity index (χ0n) is 10.2. The zero-order valence-corrected chi connectivity index (χ0v) is 12.5. The van der Waals surface area contributed by atoms with Crippen molar-refractivity contribution in [3.8, 4) is 0 Å². The molecule has 0 spiro atoms. The first-order chi connectivity index (χ1) is 9.79. The van der Waals surface area contributed by atoms with Crippen molar-refractivity contribution < 1.29 is 13.2 Å². The summed E-state index contributed by atoms with van der Waals surface area (Å²) in [5.41, 5.74) is 1.38. The van der Waals surface area contributed by atoms with Crippen molar-refractivity contribution in [1.82, 2.24) is 9.97 Å². The predicted molar refractivity (Wildman–Crippen MR) is 77.3 cm³/mol. The number of nitrogens with one attached hydrogen (secondary N) is 2. The summed E-state index contributed by atoms with van der Waals surface area (Å²) < 4.78 is 38.8. The van der Waals surface area contributed by atoms with Crippen LogP contribution in [0.4, 0.5) is 30.6 Å². The second kappa shape index (κ2) is 6.04. The van der Waals surface area contributed by atoms with Crippen molar-refractivity contribution in [2.24, 2.45) is 5.84 Å². The van der Waals surface area contributed by atoms with E-state index in [0.29, 0.717) is 15.2 Å². The van der Waals surface area contributed by atoms with Crippen LogP contribution in [0.5, 0.6) is 0 Å². The van der Waals surface area contributed by atoms with Crippen molar-refractivity contribution in [1.29, 1.82) is 0 Å². The van der Waals surface area contributed by atoms with Crippen LogP contribution >= 0.6 is 27.5 Å².